The average Bonchev–Trinajstić information content (AvgIpc) is 2.43. The van der Waals surface area contributed by atoms with Crippen LogP contribution >= 0.6 is 24.0 Å². The number of hydrogen-bond donors (Lipinski definition) is 3. The molecule has 138 valence electrons. The highest BCUT2D eigenvalue weighted by atomic mass is 127. The molecule has 11 heteroatoms. The Morgan fingerprint density at radius 2 is 1.79 bits per heavy atom. The summed E-state index contributed by atoms with van der Waals surface area (Å²) >= 11 is 0. The van der Waals surface area contributed by atoms with Crippen molar-refractivity contribution in [1.29, 1.82) is 0 Å². The SMILES string of the molecule is CCNC(=NCc1ccc(C(F)(F)F)cc1)NCCS(N)(=O)=O.I. The van der Waals surface area contributed by atoms with E-state index < -0.39 is 21.8 Å². The molecule has 0 bridgehead atoms. The van der Waals surface area contributed by atoms with Crippen molar-refractivity contribution >= 4 is 40.0 Å². The van der Waals surface area contributed by atoms with E-state index in [9.17, 15) is 21.6 Å². The number of nitrogens with two attached hydrogens (primary N) is 1. The number of halogens is 4. The first-order chi connectivity index (χ1) is 10.6. The lowest BCUT2D eigenvalue weighted by Gasteiger charge is -2.11. The molecular formula is C13H20F3IN4O2S. The zero-order chi connectivity index (χ0) is 17.5. The second-order valence-electron chi connectivity index (χ2n) is 4.68. The van der Waals surface area contributed by atoms with Gasteiger partial charge in [-0.25, -0.2) is 18.5 Å². The predicted octanol–water partition coefficient (Wildman–Crippen LogP) is 1.67. The van der Waals surface area contributed by atoms with Crippen LogP contribution in [-0.4, -0.2) is 33.2 Å². The highest BCUT2D eigenvalue weighted by Gasteiger charge is 2.29. The standard InChI is InChI=1S/C13H19F3N4O2S.HI/c1-2-18-12(19-7-8-23(17,21)22)20-9-10-3-5-11(6-4-10)13(14,15)16;/h3-6H,2,7-9H2,1H3,(H2,17,21,22)(H2,18,19,20);1H. The number of guanidine groups is 1. The number of benzene rings is 1. The Labute approximate surface area is 156 Å². The van der Waals surface area contributed by atoms with Gasteiger partial charge in [-0.2, -0.15) is 13.2 Å². The molecule has 24 heavy (non-hydrogen) atoms. The monoisotopic (exact) mass is 480 g/mol. The summed E-state index contributed by atoms with van der Waals surface area (Å²) in [4.78, 5) is 4.17. The Kier molecular flexibility index (Phi) is 9.58. The number of alkyl halides is 3. The lowest BCUT2D eigenvalue weighted by atomic mass is 10.1. The molecule has 1 aromatic carbocycles. The Morgan fingerprint density at radius 3 is 2.25 bits per heavy atom. The van der Waals surface area contributed by atoms with Crippen LogP contribution in [-0.2, 0) is 22.7 Å². The van der Waals surface area contributed by atoms with Crippen molar-refractivity contribution in [3.05, 3.63) is 35.4 Å². The summed E-state index contributed by atoms with van der Waals surface area (Å²) in [5, 5.41) is 10.6. The van der Waals surface area contributed by atoms with Crippen LogP contribution in [0, 0.1) is 0 Å². The topological polar surface area (TPSA) is 96.6 Å². The Balaban J connectivity index is 0.00000529. The smallest absolute Gasteiger partial charge is 0.357 e. The Morgan fingerprint density at radius 1 is 1.21 bits per heavy atom. The van der Waals surface area contributed by atoms with E-state index in [4.69, 9.17) is 5.14 Å². The highest BCUT2D eigenvalue weighted by Crippen LogP contribution is 2.29. The molecule has 6 nitrogen and oxygen atoms in total. The second-order valence-corrected chi connectivity index (χ2v) is 6.42. The van der Waals surface area contributed by atoms with Gasteiger partial charge < -0.3 is 10.6 Å². The lowest BCUT2D eigenvalue weighted by molar-refractivity contribution is -0.137. The van der Waals surface area contributed by atoms with E-state index in [1.165, 1.54) is 12.1 Å². The molecule has 0 saturated carbocycles. The Bertz CT molecular complexity index is 634. The van der Waals surface area contributed by atoms with Crippen LogP contribution in [0.5, 0.6) is 0 Å². The van der Waals surface area contributed by atoms with Crippen molar-refractivity contribution in [1.82, 2.24) is 10.6 Å². The maximum absolute atomic E-state index is 12.5. The molecule has 0 aliphatic rings. The molecule has 0 atom stereocenters. The first-order valence-electron chi connectivity index (χ1n) is 6.80. The van der Waals surface area contributed by atoms with Gasteiger partial charge in [0.2, 0.25) is 10.0 Å². The molecule has 0 aromatic heterocycles. The van der Waals surface area contributed by atoms with Crippen molar-refractivity contribution in [2.24, 2.45) is 10.1 Å². The average molecular weight is 480 g/mol. The van der Waals surface area contributed by atoms with Gasteiger partial charge in [-0.05, 0) is 24.6 Å². The fourth-order valence-electron chi connectivity index (χ4n) is 1.62. The summed E-state index contributed by atoms with van der Waals surface area (Å²) in [6.45, 7) is 2.61. The van der Waals surface area contributed by atoms with Crippen LogP contribution in [0.3, 0.4) is 0 Å². The van der Waals surface area contributed by atoms with Gasteiger partial charge in [-0.3, -0.25) is 0 Å². The largest absolute Gasteiger partial charge is 0.416 e. The van der Waals surface area contributed by atoms with Crippen LogP contribution in [0.15, 0.2) is 29.3 Å². The van der Waals surface area contributed by atoms with E-state index in [2.05, 4.69) is 15.6 Å². The summed E-state index contributed by atoms with van der Waals surface area (Å²) in [5.74, 6) is 0.105. The quantitative estimate of drug-likeness (QED) is 0.328. The van der Waals surface area contributed by atoms with E-state index in [0.29, 0.717) is 18.1 Å². The molecule has 0 spiro atoms. The van der Waals surface area contributed by atoms with Gasteiger partial charge in [0, 0.05) is 13.1 Å². The molecule has 0 radical (unpaired) electrons. The summed E-state index contributed by atoms with van der Waals surface area (Å²) < 4.78 is 59.1. The minimum atomic E-state index is -4.37. The van der Waals surface area contributed by atoms with Gasteiger partial charge in [0.1, 0.15) is 0 Å². The van der Waals surface area contributed by atoms with Gasteiger partial charge in [0.15, 0.2) is 5.96 Å². The normalized spacial score (nSPS) is 12.5. The van der Waals surface area contributed by atoms with E-state index >= 15 is 0 Å². The minimum Gasteiger partial charge on any atom is -0.357 e. The van der Waals surface area contributed by atoms with Gasteiger partial charge >= 0.3 is 6.18 Å². The van der Waals surface area contributed by atoms with Gasteiger partial charge in [-0.1, -0.05) is 12.1 Å². The van der Waals surface area contributed by atoms with E-state index in [1.807, 2.05) is 6.92 Å². The summed E-state index contributed by atoms with van der Waals surface area (Å²) in [7, 11) is -3.57. The summed E-state index contributed by atoms with van der Waals surface area (Å²) in [6.07, 6.45) is -4.37. The van der Waals surface area contributed by atoms with Gasteiger partial charge in [-0.15, -0.1) is 24.0 Å². The minimum absolute atomic E-state index is 0. The van der Waals surface area contributed by atoms with Crippen molar-refractivity contribution in [2.75, 3.05) is 18.8 Å². The van der Waals surface area contributed by atoms with Gasteiger partial charge in [0.25, 0.3) is 0 Å². The van der Waals surface area contributed by atoms with E-state index in [1.54, 1.807) is 0 Å². The Hall–Kier alpha value is -1.08. The third kappa shape index (κ3) is 9.27. The van der Waals surface area contributed by atoms with Crippen LogP contribution < -0.4 is 15.8 Å². The molecule has 4 N–H and O–H groups in total. The number of aliphatic imine (C=N–C) groups is 1. The van der Waals surface area contributed by atoms with Crippen LogP contribution in [0.2, 0.25) is 0 Å². The van der Waals surface area contributed by atoms with Crippen molar-refractivity contribution in [3.63, 3.8) is 0 Å². The number of nitrogens with zero attached hydrogens (tertiary/aromatic N) is 1. The molecule has 1 rings (SSSR count). The number of nitrogens with one attached hydrogen (secondary N) is 2. The molecule has 0 heterocycles. The second kappa shape index (κ2) is 10.0. The molecule has 0 aliphatic heterocycles. The van der Waals surface area contributed by atoms with Crippen molar-refractivity contribution in [3.8, 4) is 0 Å². The van der Waals surface area contributed by atoms with E-state index in [-0.39, 0.29) is 42.8 Å². The third-order valence-corrected chi connectivity index (χ3v) is 3.50. The molecule has 0 aliphatic carbocycles. The zero-order valence-corrected chi connectivity index (χ0v) is 16.1. The molecule has 0 unspecified atom stereocenters. The maximum Gasteiger partial charge on any atom is 0.416 e. The van der Waals surface area contributed by atoms with Crippen LogP contribution in [0.25, 0.3) is 0 Å². The fraction of sp³-hybridized carbons (Fsp3) is 0.462. The number of primary sulfonamides is 1. The van der Waals surface area contributed by atoms with Crippen molar-refractivity contribution < 1.29 is 21.6 Å². The number of hydrogen-bond acceptors (Lipinski definition) is 3. The maximum atomic E-state index is 12.5. The molecule has 0 saturated heterocycles. The number of sulfonamides is 1. The zero-order valence-electron chi connectivity index (χ0n) is 12.9. The lowest BCUT2D eigenvalue weighted by Crippen LogP contribution is -2.40. The van der Waals surface area contributed by atoms with Gasteiger partial charge in [0.05, 0.1) is 17.9 Å². The van der Waals surface area contributed by atoms with Crippen LogP contribution in [0.4, 0.5) is 13.2 Å². The number of rotatable bonds is 6. The summed E-state index contributed by atoms with van der Waals surface area (Å²) in [5.41, 5.74) is -0.120. The molecular weight excluding hydrogens is 460 g/mol. The molecule has 1 aromatic rings. The fourth-order valence-corrected chi connectivity index (χ4v) is 2.01. The first kappa shape index (κ1) is 22.9. The highest BCUT2D eigenvalue weighted by molar-refractivity contribution is 14.0. The first-order valence-corrected chi connectivity index (χ1v) is 8.52. The molecule has 0 fully saturated rings. The molecule has 0 amide bonds. The predicted molar refractivity (Wildman–Crippen MR) is 97.7 cm³/mol. The summed E-state index contributed by atoms with van der Waals surface area (Å²) in [6, 6.07) is 4.68. The third-order valence-electron chi connectivity index (χ3n) is 2.72. The van der Waals surface area contributed by atoms with Crippen LogP contribution in [0.1, 0.15) is 18.1 Å². The van der Waals surface area contributed by atoms with Crippen molar-refractivity contribution in [2.45, 2.75) is 19.6 Å². The van der Waals surface area contributed by atoms with E-state index in [0.717, 1.165) is 12.1 Å².